The van der Waals surface area contributed by atoms with Crippen LogP contribution in [0.3, 0.4) is 0 Å². The molecule has 2 aromatic rings. The van der Waals surface area contributed by atoms with Gasteiger partial charge >= 0.3 is 0 Å². The van der Waals surface area contributed by atoms with Gasteiger partial charge in [0.25, 0.3) is 11.6 Å². The summed E-state index contributed by atoms with van der Waals surface area (Å²) in [4.78, 5) is 38.9. The largest absolute Gasteiger partial charge is 0.296 e. The van der Waals surface area contributed by atoms with Gasteiger partial charge in [0.2, 0.25) is 11.9 Å². The van der Waals surface area contributed by atoms with E-state index in [0.29, 0.717) is 16.1 Å². The Morgan fingerprint density at radius 3 is 2.77 bits per heavy atom. The standard InChI is InChI=1S/C17H13ClN4O4/c18-12-5-1-4-11(7-12)16(24)21-17-19-14(9-15(23)20-17)10-3-2-6-13(8-10)22(25)26/h1-8,14H,9H2,(H2,19,20,21,23,24). The van der Waals surface area contributed by atoms with Crippen molar-refractivity contribution < 1.29 is 14.5 Å². The van der Waals surface area contributed by atoms with Crippen LogP contribution >= 0.6 is 11.6 Å². The smallest absolute Gasteiger partial charge is 0.269 e. The van der Waals surface area contributed by atoms with Crippen LogP contribution in [0, 0.1) is 10.1 Å². The highest BCUT2D eigenvalue weighted by molar-refractivity contribution is 6.31. The molecular formula is C17H13ClN4O4. The fourth-order valence-corrected chi connectivity index (χ4v) is 2.69. The third-order valence-electron chi connectivity index (χ3n) is 3.71. The lowest BCUT2D eigenvalue weighted by Gasteiger charge is -2.21. The molecule has 0 fully saturated rings. The van der Waals surface area contributed by atoms with Crippen LogP contribution in [-0.2, 0) is 4.79 Å². The number of carbonyl (C=O) groups is 2. The summed E-state index contributed by atoms with van der Waals surface area (Å²) in [6, 6.07) is 11.6. The molecule has 132 valence electrons. The first-order valence-electron chi connectivity index (χ1n) is 7.61. The molecule has 26 heavy (non-hydrogen) atoms. The molecule has 0 bridgehead atoms. The van der Waals surface area contributed by atoms with Crippen molar-refractivity contribution in [2.45, 2.75) is 12.5 Å². The van der Waals surface area contributed by atoms with Gasteiger partial charge in [-0.05, 0) is 23.8 Å². The molecule has 1 heterocycles. The number of carbonyl (C=O) groups excluding carboxylic acids is 2. The SMILES string of the molecule is O=C1CC(c2cccc([N+](=O)[O-])c2)N=C(NC(=O)c2cccc(Cl)c2)N1. The van der Waals surface area contributed by atoms with E-state index in [-0.39, 0.29) is 24.0 Å². The molecule has 3 rings (SSSR count). The summed E-state index contributed by atoms with van der Waals surface area (Å²) in [7, 11) is 0. The van der Waals surface area contributed by atoms with E-state index < -0.39 is 16.9 Å². The number of nitrogens with zero attached hydrogens (tertiary/aromatic N) is 2. The Labute approximate surface area is 153 Å². The monoisotopic (exact) mass is 372 g/mol. The topological polar surface area (TPSA) is 114 Å². The average molecular weight is 373 g/mol. The molecule has 1 atom stereocenters. The normalized spacial score (nSPS) is 16.4. The van der Waals surface area contributed by atoms with Crippen molar-refractivity contribution >= 4 is 35.1 Å². The number of guanidine groups is 1. The van der Waals surface area contributed by atoms with Gasteiger partial charge in [0.05, 0.1) is 17.4 Å². The van der Waals surface area contributed by atoms with Crippen LogP contribution in [0.2, 0.25) is 5.02 Å². The van der Waals surface area contributed by atoms with E-state index in [4.69, 9.17) is 11.6 Å². The number of aliphatic imine (C=N–C) groups is 1. The second-order valence-corrected chi connectivity index (χ2v) is 6.00. The minimum Gasteiger partial charge on any atom is -0.296 e. The second kappa shape index (κ2) is 7.32. The first-order valence-corrected chi connectivity index (χ1v) is 7.99. The molecule has 1 unspecified atom stereocenters. The van der Waals surface area contributed by atoms with Crippen LogP contribution in [0.25, 0.3) is 0 Å². The average Bonchev–Trinajstić information content (AvgIpc) is 2.61. The third-order valence-corrected chi connectivity index (χ3v) is 3.94. The maximum absolute atomic E-state index is 12.3. The van der Waals surface area contributed by atoms with Crippen LogP contribution in [0.1, 0.15) is 28.4 Å². The molecule has 0 aromatic heterocycles. The Balaban J connectivity index is 1.83. The summed E-state index contributed by atoms with van der Waals surface area (Å²) >= 11 is 5.86. The number of nitro benzene ring substituents is 1. The highest BCUT2D eigenvalue weighted by Gasteiger charge is 2.25. The van der Waals surface area contributed by atoms with E-state index in [2.05, 4.69) is 15.6 Å². The molecule has 0 saturated heterocycles. The number of amides is 2. The van der Waals surface area contributed by atoms with Crippen LogP contribution in [0.4, 0.5) is 5.69 Å². The molecule has 0 saturated carbocycles. The molecule has 2 aromatic carbocycles. The first-order chi connectivity index (χ1) is 12.4. The van der Waals surface area contributed by atoms with Gasteiger partial charge in [-0.3, -0.25) is 30.3 Å². The predicted octanol–water partition coefficient (Wildman–Crippen LogP) is 2.60. The van der Waals surface area contributed by atoms with E-state index in [9.17, 15) is 19.7 Å². The van der Waals surface area contributed by atoms with Crippen molar-refractivity contribution in [3.05, 3.63) is 74.8 Å². The van der Waals surface area contributed by atoms with Crippen molar-refractivity contribution in [2.75, 3.05) is 0 Å². The minimum absolute atomic E-state index is 0.0114. The van der Waals surface area contributed by atoms with Crippen molar-refractivity contribution in [1.29, 1.82) is 0 Å². The minimum atomic E-state index is -0.627. The van der Waals surface area contributed by atoms with Gasteiger partial charge in [-0.15, -0.1) is 0 Å². The van der Waals surface area contributed by atoms with Crippen molar-refractivity contribution in [3.8, 4) is 0 Å². The summed E-state index contributed by atoms with van der Waals surface area (Å²) in [5.41, 5.74) is 0.740. The van der Waals surface area contributed by atoms with E-state index >= 15 is 0 Å². The van der Waals surface area contributed by atoms with E-state index in [1.807, 2.05) is 0 Å². The number of hydrogen-bond acceptors (Lipinski definition) is 5. The molecule has 2 N–H and O–H groups in total. The van der Waals surface area contributed by atoms with Crippen molar-refractivity contribution in [3.63, 3.8) is 0 Å². The quantitative estimate of drug-likeness (QED) is 0.636. The molecule has 9 heteroatoms. The predicted molar refractivity (Wildman–Crippen MR) is 95.0 cm³/mol. The number of benzene rings is 2. The maximum Gasteiger partial charge on any atom is 0.269 e. The van der Waals surface area contributed by atoms with E-state index in [1.165, 1.54) is 24.3 Å². The number of nitro groups is 1. The second-order valence-electron chi connectivity index (χ2n) is 5.56. The Kier molecular flexibility index (Phi) is 4.94. The molecule has 8 nitrogen and oxygen atoms in total. The lowest BCUT2D eigenvalue weighted by atomic mass is 10.0. The molecule has 2 amide bonds. The molecular weight excluding hydrogens is 360 g/mol. The van der Waals surface area contributed by atoms with Gasteiger partial charge in [-0.25, -0.2) is 4.99 Å². The molecule has 1 aliphatic heterocycles. The van der Waals surface area contributed by atoms with Crippen LogP contribution < -0.4 is 10.6 Å². The van der Waals surface area contributed by atoms with Gasteiger partial charge in [0.15, 0.2) is 0 Å². The summed E-state index contributed by atoms with van der Waals surface area (Å²) in [5, 5.41) is 16.3. The number of halogens is 1. The Bertz CT molecular complexity index is 928. The van der Waals surface area contributed by atoms with Gasteiger partial charge in [0.1, 0.15) is 0 Å². The van der Waals surface area contributed by atoms with Crippen LogP contribution in [0.5, 0.6) is 0 Å². The fourth-order valence-electron chi connectivity index (χ4n) is 2.50. The molecule has 0 radical (unpaired) electrons. The zero-order valence-electron chi connectivity index (χ0n) is 13.3. The summed E-state index contributed by atoms with van der Waals surface area (Å²) in [6.07, 6.45) is 0.0255. The molecule has 1 aliphatic rings. The van der Waals surface area contributed by atoms with Crippen LogP contribution in [-0.4, -0.2) is 22.7 Å². The Morgan fingerprint density at radius 2 is 2.04 bits per heavy atom. The summed E-state index contributed by atoms with van der Waals surface area (Å²) in [5.74, 6) is -0.841. The lowest BCUT2D eigenvalue weighted by Crippen LogP contribution is -2.47. The molecule has 0 aliphatic carbocycles. The Hall–Kier alpha value is -3.26. The van der Waals surface area contributed by atoms with Gasteiger partial charge in [0, 0.05) is 22.7 Å². The van der Waals surface area contributed by atoms with Gasteiger partial charge in [-0.2, -0.15) is 0 Å². The lowest BCUT2D eigenvalue weighted by molar-refractivity contribution is -0.384. The zero-order chi connectivity index (χ0) is 18.7. The number of non-ortho nitro benzene ring substituents is 1. The van der Waals surface area contributed by atoms with Crippen LogP contribution in [0.15, 0.2) is 53.5 Å². The highest BCUT2D eigenvalue weighted by atomic mass is 35.5. The number of nitrogens with one attached hydrogen (secondary N) is 2. The summed E-state index contributed by atoms with van der Waals surface area (Å²) < 4.78 is 0. The fraction of sp³-hybridized carbons (Fsp3) is 0.118. The first kappa shape index (κ1) is 17.6. The van der Waals surface area contributed by atoms with E-state index in [1.54, 1.807) is 24.3 Å². The van der Waals surface area contributed by atoms with Crippen molar-refractivity contribution in [1.82, 2.24) is 10.6 Å². The van der Waals surface area contributed by atoms with E-state index in [0.717, 1.165) is 0 Å². The number of rotatable bonds is 3. The zero-order valence-corrected chi connectivity index (χ0v) is 14.1. The number of hydrogen-bond donors (Lipinski definition) is 2. The molecule has 0 spiro atoms. The van der Waals surface area contributed by atoms with Crippen molar-refractivity contribution in [2.24, 2.45) is 4.99 Å². The maximum atomic E-state index is 12.3. The van der Waals surface area contributed by atoms with Gasteiger partial charge < -0.3 is 0 Å². The third kappa shape index (κ3) is 4.04. The highest BCUT2D eigenvalue weighted by Crippen LogP contribution is 2.26. The summed E-state index contributed by atoms with van der Waals surface area (Å²) in [6.45, 7) is 0. The van der Waals surface area contributed by atoms with Gasteiger partial charge in [-0.1, -0.05) is 29.8 Å². The Morgan fingerprint density at radius 1 is 1.27 bits per heavy atom.